The van der Waals surface area contributed by atoms with E-state index in [1.54, 1.807) is 0 Å². The Labute approximate surface area is 187 Å². The molecule has 3 aromatic rings. The van der Waals surface area contributed by atoms with Crippen LogP contribution in [0.3, 0.4) is 0 Å². The van der Waals surface area contributed by atoms with E-state index in [1.807, 2.05) is 0 Å². The lowest BCUT2D eigenvalue weighted by Gasteiger charge is -2.28. The second-order valence-electron chi connectivity index (χ2n) is 8.94. The van der Waals surface area contributed by atoms with Crippen molar-refractivity contribution in [3.63, 3.8) is 0 Å². The maximum atomic E-state index is 2.29. The zero-order chi connectivity index (χ0) is 22.2. The Bertz CT molecular complexity index is 964. The molecule has 148 valence electrons. The van der Waals surface area contributed by atoms with Crippen molar-refractivity contribution in [1.29, 1.82) is 0 Å². The second kappa shape index (κ2) is 8.75. The number of anilines is 2. The average molecular weight is 390 g/mol. The summed E-state index contributed by atoms with van der Waals surface area (Å²) in [5.74, 6) is 0.218. The van der Waals surface area contributed by atoms with E-state index in [0.29, 0.717) is 0 Å². The Kier molecular flexibility index (Phi) is 6.50. The summed E-state index contributed by atoms with van der Waals surface area (Å²) in [4.78, 5) is 4.31. The summed E-state index contributed by atoms with van der Waals surface area (Å²) in [7, 11) is 19.7. The van der Waals surface area contributed by atoms with Crippen molar-refractivity contribution in [3.8, 4) is 0 Å². The van der Waals surface area contributed by atoms with Gasteiger partial charge in [-0.25, -0.2) is 0 Å². The molecule has 0 radical (unpaired) electrons. The van der Waals surface area contributed by atoms with Crippen molar-refractivity contribution < 1.29 is 0 Å². The van der Waals surface area contributed by atoms with Crippen LogP contribution in [0, 0.1) is 0 Å². The van der Waals surface area contributed by atoms with Gasteiger partial charge in [-0.3, -0.25) is 0 Å². The fraction of sp³-hybridized carbons (Fsp3) is 0.217. The third-order valence-electron chi connectivity index (χ3n) is 6.83. The van der Waals surface area contributed by atoms with Crippen LogP contribution < -0.4 is 37.1 Å². The fourth-order valence-corrected chi connectivity index (χ4v) is 4.42. The summed E-state index contributed by atoms with van der Waals surface area (Å²) in [5.41, 5.74) is 13.6. The molecule has 0 fully saturated rings. The molecule has 3 aromatic carbocycles. The highest BCUT2D eigenvalue weighted by Crippen LogP contribution is 2.31. The van der Waals surface area contributed by atoms with Crippen molar-refractivity contribution >= 4 is 77.9 Å². The summed E-state index contributed by atoms with van der Waals surface area (Å²) in [6, 6.07) is 18.1. The normalized spacial score (nSPS) is 11.0. The van der Waals surface area contributed by atoms with Crippen LogP contribution in [-0.2, 0) is 0 Å². The molecule has 3 rings (SSSR count). The summed E-state index contributed by atoms with van der Waals surface area (Å²) in [6.45, 7) is 0. The SMILES string of the molecule is Bc1c(B)c(B)c(C(c2ccc(N(C)C)cc2)c2ccc(N(C)C)cc2)c(B)c1B. The number of benzene rings is 3. The molecular formula is C23H31B5N2. The zero-order valence-corrected chi connectivity index (χ0v) is 20.1. The van der Waals surface area contributed by atoms with Gasteiger partial charge in [0.2, 0.25) is 0 Å². The Morgan fingerprint density at radius 2 is 0.800 bits per heavy atom. The smallest absolute Gasteiger partial charge is 0.138 e. The summed E-state index contributed by atoms with van der Waals surface area (Å²) in [5, 5.41) is 0. The van der Waals surface area contributed by atoms with Gasteiger partial charge in [0.05, 0.1) is 0 Å². The third kappa shape index (κ3) is 4.08. The fourth-order valence-electron chi connectivity index (χ4n) is 4.42. The van der Waals surface area contributed by atoms with Crippen molar-refractivity contribution in [2.45, 2.75) is 5.92 Å². The van der Waals surface area contributed by atoms with Crippen molar-refractivity contribution in [2.75, 3.05) is 38.0 Å². The van der Waals surface area contributed by atoms with E-state index < -0.39 is 0 Å². The van der Waals surface area contributed by atoms with Crippen LogP contribution in [0.5, 0.6) is 0 Å². The molecule has 7 heteroatoms. The molecule has 0 N–H and O–H groups in total. The van der Waals surface area contributed by atoms with Gasteiger partial charge < -0.3 is 9.80 Å². The van der Waals surface area contributed by atoms with Crippen molar-refractivity contribution in [2.24, 2.45) is 0 Å². The van der Waals surface area contributed by atoms with Gasteiger partial charge in [-0.1, -0.05) is 35.2 Å². The first-order chi connectivity index (χ1) is 14.1. The minimum Gasteiger partial charge on any atom is -0.378 e. The molecule has 0 unspecified atom stereocenters. The number of hydrogen-bond donors (Lipinski definition) is 0. The predicted molar refractivity (Wildman–Crippen MR) is 150 cm³/mol. The predicted octanol–water partition coefficient (Wildman–Crippen LogP) is -3.71. The Morgan fingerprint density at radius 1 is 0.500 bits per heavy atom. The second-order valence-corrected chi connectivity index (χ2v) is 8.94. The van der Waals surface area contributed by atoms with Gasteiger partial charge in [-0.05, 0) is 41.0 Å². The number of hydrogen-bond acceptors (Lipinski definition) is 2. The zero-order valence-electron chi connectivity index (χ0n) is 20.1. The highest BCUT2D eigenvalue weighted by Gasteiger charge is 2.23. The lowest BCUT2D eigenvalue weighted by molar-refractivity contribution is 0.990. The molecule has 0 heterocycles. The summed E-state index contributed by atoms with van der Waals surface area (Å²) in [6.07, 6.45) is 0. The molecule has 0 aliphatic heterocycles. The third-order valence-corrected chi connectivity index (χ3v) is 6.83. The van der Waals surface area contributed by atoms with Gasteiger partial charge in [0, 0.05) is 45.5 Å². The molecule has 0 saturated heterocycles. The highest BCUT2D eigenvalue weighted by molar-refractivity contribution is 6.67. The van der Waals surface area contributed by atoms with E-state index in [1.165, 1.54) is 55.4 Å². The quantitative estimate of drug-likeness (QED) is 0.327. The summed E-state index contributed by atoms with van der Waals surface area (Å²) < 4.78 is 0. The molecule has 0 spiro atoms. The average Bonchev–Trinajstić information content (AvgIpc) is 2.74. The monoisotopic (exact) mass is 390 g/mol. The lowest BCUT2D eigenvalue weighted by atomic mass is 9.58. The molecule has 0 saturated carbocycles. The molecule has 2 nitrogen and oxygen atoms in total. The maximum Gasteiger partial charge on any atom is 0.138 e. The standard InChI is InChI=1S/C23H31B5N2/c1-29(2)15-9-5-13(6-10-15)17(14-7-11-16(12-8-14)30(3)4)18-19(24)21(26)23(28)22(27)20(18)25/h5-12,17H,24-28H2,1-4H3. The van der Waals surface area contributed by atoms with Gasteiger partial charge >= 0.3 is 0 Å². The van der Waals surface area contributed by atoms with Gasteiger partial charge in [-0.15, -0.1) is 16.4 Å². The Hall–Kier alpha value is -2.42. The van der Waals surface area contributed by atoms with E-state index in [2.05, 4.69) is 126 Å². The van der Waals surface area contributed by atoms with Gasteiger partial charge in [0.25, 0.3) is 0 Å². The van der Waals surface area contributed by atoms with E-state index in [4.69, 9.17) is 0 Å². The molecule has 0 amide bonds. The molecule has 30 heavy (non-hydrogen) atoms. The molecule has 0 bridgehead atoms. The van der Waals surface area contributed by atoms with Crippen molar-refractivity contribution in [1.82, 2.24) is 0 Å². The maximum absolute atomic E-state index is 2.29. The first-order valence-electron chi connectivity index (χ1n) is 10.7. The van der Waals surface area contributed by atoms with E-state index >= 15 is 0 Å². The summed E-state index contributed by atoms with van der Waals surface area (Å²) >= 11 is 0. The van der Waals surface area contributed by atoms with Gasteiger partial charge in [0.15, 0.2) is 0 Å². The van der Waals surface area contributed by atoms with Crippen LogP contribution in [0.4, 0.5) is 11.4 Å². The molecule has 0 aromatic heterocycles. The van der Waals surface area contributed by atoms with Crippen LogP contribution in [0.2, 0.25) is 0 Å². The molecular weight excluding hydrogens is 358 g/mol. The number of rotatable bonds is 5. The van der Waals surface area contributed by atoms with E-state index in [-0.39, 0.29) is 5.92 Å². The largest absolute Gasteiger partial charge is 0.378 e. The Balaban J connectivity index is 2.26. The van der Waals surface area contributed by atoms with Crippen LogP contribution in [0.1, 0.15) is 22.6 Å². The molecule has 0 atom stereocenters. The van der Waals surface area contributed by atoms with Crippen LogP contribution in [0.15, 0.2) is 48.5 Å². The van der Waals surface area contributed by atoms with Crippen LogP contribution >= 0.6 is 0 Å². The molecule has 0 aliphatic carbocycles. The van der Waals surface area contributed by atoms with Crippen LogP contribution in [0.25, 0.3) is 0 Å². The van der Waals surface area contributed by atoms with Gasteiger partial charge in [0.1, 0.15) is 39.2 Å². The molecule has 0 aliphatic rings. The first-order valence-corrected chi connectivity index (χ1v) is 10.7. The first kappa shape index (κ1) is 22.3. The van der Waals surface area contributed by atoms with Crippen molar-refractivity contribution in [3.05, 3.63) is 65.2 Å². The lowest BCUT2D eigenvalue weighted by Crippen LogP contribution is -2.56. The topological polar surface area (TPSA) is 6.48 Å². The van der Waals surface area contributed by atoms with Gasteiger partial charge in [-0.2, -0.15) is 0 Å². The Morgan fingerprint density at radius 3 is 1.10 bits per heavy atom. The highest BCUT2D eigenvalue weighted by atomic mass is 15.1. The van der Waals surface area contributed by atoms with E-state index in [9.17, 15) is 0 Å². The minimum absolute atomic E-state index is 0.218. The van der Waals surface area contributed by atoms with E-state index in [0.717, 1.165) is 0 Å². The van der Waals surface area contributed by atoms with Crippen LogP contribution in [-0.4, -0.2) is 67.4 Å². The number of nitrogens with zero attached hydrogens (tertiary/aromatic N) is 2. The minimum atomic E-state index is 0.218.